The third-order valence-corrected chi connectivity index (χ3v) is 9.99. The molecule has 0 aromatic rings. The van der Waals surface area contributed by atoms with Crippen molar-refractivity contribution in [3.8, 4) is 0 Å². The summed E-state index contributed by atoms with van der Waals surface area (Å²) >= 11 is 1.63. The zero-order valence-electron chi connectivity index (χ0n) is 21.5. The van der Waals surface area contributed by atoms with Crippen molar-refractivity contribution in [1.29, 1.82) is 0 Å². The Morgan fingerprint density at radius 3 is 2.69 bits per heavy atom. The average molecular weight is 507 g/mol. The Labute approximate surface area is 214 Å². The van der Waals surface area contributed by atoms with Crippen molar-refractivity contribution in [2.45, 2.75) is 87.3 Å². The summed E-state index contributed by atoms with van der Waals surface area (Å²) in [6.45, 7) is 14.3. The first-order chi connectivity index (χ1) is 16.7. The Morgan fingerprint density at radius 1 is 1.31 bits per heavy atom. The van der Waals surface area contributed by atoms with Crippen molar-refractivity contribution in [2.75, 3.05) is 26.3 Å². The largest absolute Gasteiger partial charge is 0.465 e. The molecular weight excluding hydrogens is 464 g/mol. The Kier molecular flexibility index (Phi) is 9.13. The molecule has 0 aromatic carbocycles. The molecule has 1 spiro atoms. The summed E-state index contributed by atoms with van der Waals surface area (Å²) in [5.74, 6) is -1.85. The number of esters is 1. The summed E-state index contributed by atoms with van der Waals surface area (Å²) in [5, 5.41) is 9.78. The fourth-order valence-electron chi connectivity index (χ4n) is 6.42. The van der Waals surface area contributed by atoms with Gasteiger partial charge in [0.15, 0.2) is 0 Å². The van der Waals surface area contributed by atoms with E-state index in [1.807, 2.05) is 24.8 Å². The molecule has 3 saturated heterocycles. The van der Waals surface area contributed by atoms with Crippen LogP contribution in [0.4, 0.5) is 0 Å². The summed E-state index contributed by atoms with van der Waals surface area (Å²) in [5.41, 5.74) is 0. The van der Waals surface area contributed by atoms with Gasteiger partial charge in [0.2, 0.25) is 11.8 Å². The Bertz CT molecular complexity index is 834. The number of rotatable bonds is 14. The molecule has 7 nitrogen and oxygen atoms in total. The van der Waals surface area contributed by atoms with Gasteiger partial charge in [-0.2, -0.15) is 0 Å². The van der Waals surface area contributed by atoms with Crippen molar-refractivity contribution in [1.82, 2.24) is 9.80 Å². The van der Waals surface area contributed by atoms with Gasteiger partial charge in [-0.3, -0.25) is 14.4 Å². The van der Waals surface area contributed by atoms with E-state index in [9.17, 15) is 19.5 Å². The second-order valence-corrected chi connectivity index (χ2v) is 12.2. The normalized spacial score (nSPS) is 31.8. The molecule has 1 N–H and O–H groups in total. The fourth-order valence-corrected chi connectivity index (χ4v) is 8.76. The van der Waals surface area contributed by atoms with E-state index in [1.165, 1.54) is 0 Å². The first kappa shape index (κ1) is 27.8. The maximum Gasteiger partial charge on any atom is 0.311 e. The van der Waals surface area contributed by atoms with Crippen LogP contribution in [-0.4, -0.2) is 80.6 Å². The van der Waals surface area contributed by atoms with Crippen molar-refractivity contribution in [3.63, 3.8) is 0 Å². The molecule has 2 amide bonds. The lowest BCUT2D eigenvalue weighted by Gasteiger charge is -2.39. The van der Waals surface area contributed by atoms with E-state index in [1.54, 1.807) is 22.7 Å². The quantitative estimate of drug-likeness (QED) is 0.220. The molecule has 0 aromatic heterocycles. The van der Waals surface area contributed by atoms with Crippen molar-refractivity contribution >= 4 is 29.5 Å². The number of likely N-dealkylation sites (tertiary alicyclic amines) is 1. The topological polar surface area (TPSA) is 87.1 Å². The van der Waals surface area contributed by atoms with Gasteiger partial charge in [-0.05, 0) is 52.4 Å². The molecule has 2 bridgehead atoms. The lowest BCUT2D eigenvalue weighted by atomic mass is 9.66. The van der Waals surface area contributed by atoms with Crippen LogP contribution in [0.3, 0.4) is 0 Å². The van der Waals surface area contributed by atoms with E-state index < -0.39 is 27.4 Å². The third-order valence-electron chi connectivity index (χ3n) is 8.00. The van der Waals surface area contributed by atoms with E-state index in [0.717, 1.165) is 38.5 Å². The van der Waals surface area contributed by atoms with E-state index in [2.05, 4.69) is 20.1 Å². The van der Waals surface area contributed by atoms with Gasteiger partial charge in [-0.25, -0.2) is 0 Å². The van der Waals surface area contributed by atoms with Crippen LogP contribution in [0, 0.1) is 11.8 Å². The zero-order chi connectivity index (χ0) is 25.8. The predicted molar refractivity (Wildman–Crippen MR) is 139 cm³/mol. The third kappa shape index (κ3) is 4.93. The first-order valence-corrected chi connectivity index (χ1v) is 13.8. The average Bonchev–Trinajstić information content (AvgIpc) is 3.38. The van der Waals surface area contributed by atoms with E-state index in [-0.39, 0.29) is 37.0 Å². The van der Waals surface area contributed by atoms with Crippen LogP contribution < -0.4 is 0 Å². The molecule has 3 fully saturated rings. The number of aliphatic hydroxyl groups excluding tert-OH is 1. The number of nitrogens with zero attached hydrogens (tertiary/aromatic N) is 2. The SMILES string of the molecule is C=CCCCCOC(=O)[C@@H]1[C@H]2C(=O)N(CCO)C(C(=O)N(CC=C)C(C)CCC)C23CC[C@@]1(C)S3. The maximum atomic E-state index is 14.1. The van der Waals surface area contributed by atoms with Crippen molar-refractivity contribution < 1.29 is 24.2 Å². The van der Waals surface area contributed by atoms with Crippen molar-refractivity contribution in [3.05, 3.63) is 25.3 Å². The number of fused-ring (bicyclic) bond motifs is 1. The molecule has 3 aliphatic heterocycles. The number of ether oxygens (including phenoxy) is 1. The van der Waals surface area contributed by atoms with E-state index in [0.29, 0.717) is 19.6 Å². The molecular formula is C27H42N2O5S. The first-order valence-electron chi connectivity index (χ1n) is 13.0. The predicted octanol–water partition coefficient (Wildman–Crippen LogP) is 3.56. The van der Waals surface area contributed by atoms with Gasteiger partial charge >= 0.3 is 5.97 Å². The van der Waals surface area contributed by atoms with Gasteiger partial charge in [-0.15, -0.1) is 24.9 Å². The van der Waals surface area contributed by atoms with Gasteiger partial charge in [0.05, 0.1) is 29.8 Å². The van der Waals surface area contributed by atoms with Gasteiger partial charge in [0.25, 0.3) is 0 Å². The maximum absolute atomic E-state index is 14.1. The molecule has 3 unspecified atom stereocenters. The van der Waals surface area contributed by atoms with Crippen LogP contribution in [0.1, 0.15) is 65.7 Å². The minimum atomic E-state index is -0.705. The fraction of sp³-hybridized carbons (Fsp3) is 0.741. The van der Waals surface area contributed by atoms with Crippen LogP contribution in [0.2, 0.25) is 0 Å². The number of β-amino-alcohol motifs (C(OH)–C–C–N with tert-alkyl or cyclic N) is 1. The number of carbonyl (C=O) groups excluding carboxylic acids is 3. The smallest absolute Gasteiger partial charge is 0.311 e. The van der Waals surface area contributed by atoms with Crippen LogP contribution in [0.5, 0.6) is 0 Å². The molecule has 35 heavy (non-hydrogen) atoms. The highest BCUT2D eigenvalue weighted by molar-refractivity contribution is 8.02. The second-order valence-electron chi connectivity index (χ2n) is 10.4. The Morgan fingerprint density at radius 2 is 2.06 bits per heavy atom. The highest BCUT2D eigenvalue weighted by Gasteiger charge is 2.77. The van der Waals surface area contributed by atoms with Gasteiger partial charge in [0, 0.05) is 23.9 Å². The molecule has 196 valence electrons. The number of allylic oxidation sites excluding steroid dienone is 1. The number of thioether (sulfide) groups is 1. The van der Waals surface area contributed by atoms with Gasteiger partial charge in [0.1, 0.15) is 6.04 Å². The lowest BCUT2D eigenvalue weighted by molar-refractivity contribution is -0.155. The van der Waals surface area contributed by atoms with E-state index >= 15 is 0 Å². The van der Waals surface area contributed by atoms with Crippen LogP contribution in [0.15, 0.2) is 25.3 Å². The van der Waals surface area contributed by atoms with Gasteiger partial charge in [-0.1, -0.05) is 25.5 Å². The van der Waals surface area contributed by atoms with Crippen molar-refractivity contribution in [2.24, 2.45) is 11.8 Å². The van der Waals surface area contributed by atoms with Crippen LogP contribution in [-0.2, 0) is 19.1 Å². The minimum Gasteiger partial charge on any atom is -0.465 e. The summed E-state index contributed by atoms with van der Waals surface area (Å²) in [6, 6.07) is -0.703. The summed E-state index contributed by atoms with van der Waals surface area (Å²) in [4.78, 5) is 44.6. The number of hydrogen-bond acceptors (Lipinski definition) is 6. The molecule has 3 heterocycles. The summed E-state index contributed by atoms with van der Waals surface area (Å²) in [6.07, 6.45) is 9.32. The summed E-state index contributed by atoms with van der Waals surface area (Å²) < 4.78 is 4.55. The summed E-state index contributed by atoms with van der Waals surface area (Å²) in [7, 11) is 0. The number of hydrogen-bond donors (Lipinski definition) is 1. The highest BCUT2D eigenvalue weighted by Crippen LogP contribution is 2.71. The number of aliphatic hydroxyl groups is 1. The number of amides is 2. The molecule has 3 rings (SSSR count). The minimum absolute atomic E-state index is 0.00236. The monoisotopic (exact) mass is 506 g/mol. The van der Waals surface area contributed by atoms with E-state index in [4.69, 9.17) is 4.74 Å². The van der Waals surface area contributed by atoms with Crippen LogP contribution >= 0.6 is 11.8 Å². The molecule has 0 saturated carbocycles. The lowest BCUT2D eigenvalue weighted by Crippen LogP contribution is -2.56. The molecule has 0 aliphatic carbocycles. The van der Waals surface area contributed by atoms with Gasteiger partial charge < -0.3 is 19.6 Å². The molecule has 8 heteroatoms. The molecule has 6 atom stereocenters. The van der Waals surface area contributed by atoms with Crippen LogP contribution in [0.25, 0.3) is 0 Å². The molecule has 0 radical (unpaired) electrons. The highest BCUT2D eigenvalue weighted by atomic mass is 32.2. The Hall–Kier alpha value is -1.80. The second kappa shape index (κ2) is 11.5. The Balaban J connectivity index is 1.93. The number of unbranched alkanes of at least 4 members (excludes halogenated alkanes) is 2. The molecule has 3 aliphatic rings. The standard InChI is InChI=1S/C27H42N2O5S/c1-6-9-10-11-18-34-25(33)21-20-23(31)29(16-17-30)22(27(20)14-13-26(21,5)35-27)24(32)28(15-8-3)19(4)12-7-2/h6,8,19-22,30H,1,3,7,9-18H2,2,4-5H3/t19?,20-,21-,22?,26+,27?/m0/s1. The zero-order valence-corrected chi connectivity index (χ0v) is 22.4. The number of carbonyl (C=O) groups is 3.